The van der Waals surface area contributed by atoms with E-state index in [1.165, 1.54) is 6.07 Å². The van der Waals surface area contributed by atoms with Crippen LogP contribution in [-0.2, 0) is 13.0 Å². The van der Waals surface area contributed by atoms with Gasteiger partial charge in [-0.05, 0) is 12.0 Å². The largest absolute Gasteiger partial charge is 0.395 e. The van der Waals surface area contributed by atoms with Crippen molar-refractivity contribution in [1.29, 1.82) is 0 Å². The molecule has 5 heteroatoms. The Labute approximate surface area is 86.9 Å². The SMILES string of the molecule is O=[N+]([O-])c1cccc2c1CC(CO)NC2. The van der Waals surface area contributed by atoms with Crippen LogP contribution in [0.1, 0.15) is 11.1 Å². The Hall–Kier alpha value is -1.46. The van der Waals surface area contributed by atoms with E-state index in [1.54, 1.807) is 6.07 Å². The van der Waals surface area contributed by atoms with Gasteiger partial charge < -0.3 is 10.4 Å². The lowest BCUT2D eigenvalue weighted by Gasteiger charge is -2.24. The van der Waals surface area contributed by atoms with Gasteiger partial charge in [0, 0.05) is 24.2 Å². The molecule has 1 aromatic carbocycles. The van der Waals surface area contributed by atoms with Gasteiger partial charge in [-0.25, -0.2) is 0 Å². The molecule has 5 nitrogen and oxygen atoms in total. The van der Waals surface area contributed by atoms with E-state index < -0.39 is 0 Å². The zero-order valence-electron chi connectivity index (χ0n) is 8.14. The average Bonchev–Trinajstić information content (AvgIpc) is 2.27. The van der Waals surface area contributed by atoms with E-state index in [-0.39, 0.29) is 23.3 Å². The first-order valence-electron chi connectivity index (χ1n) is 4.81. The molecule has 0 amide bonds. The minimum absolute atomic E-state index is 0.00545. The lowest BCUT2D eigenvalue weighted by Crippen LogP contribution is -2.38. The first-order chi connectivity index (χ1) is 7.22. The fraction of sp³-hybridized carbons (Fsp3) is 0.400. The molecule has 1 unspecified atom stereocenters. The number of hydrogen-bond acceptors (Lipinski definition) is 4. The van der Waals surface area contributed by atoms with Crippen molar-refractivity contribution in [3.8, 4) is 0 Å². The summed E-state index contributed by atoms with van der Waals surface area (Å²) in [6.07, 6.45) is 0.517. The molecule has 1 atom stereocenters. The minimum atomic E-state index is -0.363. The Morgan fingerprint density at radius 3 is 3.07 bits per heavy atom. The van der Waals surface area contributed by atoms with Crippen LogP contribution in [0.2, 0.25) is 0 Å². The number of hydrogen-bond donors (Lipinski definition) is 2. The molecule has 2 rings (SSSR count). The van der Waals surface area contributed by atoms with Crippen molar-refractivity contribution in [3.63, 3.8) is 0 Å². The molecule has 1 heterocycles. The summed E-state index contributed by atoms with van der Waals surface area (Å²) in [5, 5.41) is 22.9. The number of nitro groups is 1. The number of fused-ring (bicyclic) bond motifs is 1. The first-order valence-corrected chi connectivity index (χ1v) is 4.81. The Kier molecular flexibility index (Phi) is 2.66. The van der Waals surface area contributed by atoms with E-state index in [0.29, 0.717) is 13.0 Å². The van der Waals surface area contributed by atoms with E-state index in [1.807, 2.05) is 6.07 Å². The summed E-state index contributed by atoms with van der Waals surface area (Å²) >= 11 is 0. The molecule has 0 radical (unpaired) electrons. The van der Waals surface area contributed by atoms with Crippen molar-refractivity contribution in [1.82, 2.24) is 5.32 Å². The van der Waals surface area contributed by atoms with Crippen molar-refractivity contribution in [3.05, 3.63) is 39.4 Å². The highest BCUT2D eigenvalue weighted by atomic mass is 16.6. The van der Waals surface area contributed by atoms with Gasteiger partial charge in [-0.2, -0.15) is 0 Å². The van der Waals surface area contributed by atoms with Crippen molar-refractivity contribution < 1.29 is 10.0 Å². The predicted molar refractivity (Wildman–Crippen MR) is 54.5 cm³/mol. The van der Waals surface area contributed by atoms with Crippen LogP contribution in [0, 0.1) is 10.1 Å². The molecule has 2 N–H and O–H groups in total. The third kappa shape index (κ3) is 1.84. The second-order valence-corrected chi connectivity index (χ2v) is 3.64. The summed E-state index contributed by atoms with van der Waals surface area (Å²) in [5.74, 6) is 0. The molecule has 0 fully saturated rings. The average molecular weight is 208 g/mol. The summed E-state index contributed by atoms with van der Waals surface area (Å²) in [6, 6.07) is 5.01. The highest BCUT2D eigenvalue weighted by molar-refractivity contribution is 5.47. The standard InChI is InChI=1S/C10H12N2O3/c13-6-8-4-9-7(5-11-8)2-1-3-10(9)12(14)15/h1-3,8,11,13H,4-6H2. The normalized spacial score (nSPS) is 19.7. The van der Waals surface area contributed by atoms with Crippen LogP contribution in [-0.4, -0.2) is 22.7 Å². The van der Waals surface area contributed by atoms with Gasteiger partial charge in [0.2, 0.25) is 0 Å². The fourth-order valence-electron chi connectivity index (χ4n) is 1.90. The van der Waals surface area contributed by atoms with Crippen LogP contribution in [0.15, 0.2) is 18.2 Å². The lowest BCUT2D eigenvalue weighted by molar-refractivity contribution is -0.385. The number of nitro benzene ring substituents is 1. The van der Waals surface area contributed by atoms with Gasteiger partial charge in [-0.15, -0.1) is 0 Å². The molecule has 0 saturated carbocycles. The maximum atomic E-state index is 10.8. The van der Waals surface area contributed by atoms with Gasteiger partial charge in [-0.1, -0.05) is 12.1 Å². The molecule has 0 spiro atoms. The summed E-state index contributed by atoms with van der Waals surface area (Å²) in [6.45, 7) is 0.591. The fourth-order valence-corrected chi connectivity index (χ4v) is 1.90. The van der Waals surface area contributed by atoms with Crippen LogP contribution in [0.25, 0.3) is 0 Å². The van der Waals surface area contributed by atoms with Crippen LogP contribution in [0.3, 0.4) is 0 Å². The van der Waals surface area contributed by atoms with Crippen LogP contribution >= 0.6 is 0 Å². The zero-order chi connectivity index (χ0) is 10.8. The van der Waals surface area contributed by atoms with E-state index in [2.05, 4.69) is 5.32 Å². The molecule has 80 valence electrons. The van der Waals surface area contributed by atoms with Crippen molar-refractivity contribution in [2.75, 3.05) is 6.61 Å². The Morgan fingerprint density at radius 2 is 2.40 bits per heavy atom. The smallest absolute Gasteiger partial charge is 0.272 e. The van der Waals surface area contributed by atoms with Crippen LogP contribution in [0.5, 0.6) is 0 Å². The minimum Gasteiger partial charge on any atom is -0.395 e. The molecule has 1 aromatic rings. The van der Waals surface area contributed by atoms with Gasteiger partial charge in [0.15, 0.2) is 0 Å². The molecular formula is C10H12N2O3. The van der Waals surface area contributed by atoms with E-state index in [9.17, 15) is 10.1 Å². The van der Waals surface area contributed by atoms with Gasteiger partial charge in [0.1, 0.15) is 0 Å². The maximum Gasteiger partial charge on any atom is 0.272 e. The quantitative estimate of drug-likeness (QED) is 0.551. The van der Waals surface area contributed by atoms with Crippen LogP contribution in [0.4, 0.5) is 5.69 Å². The molecule has 0 saturated heterocycles. The van der Waals surface area contributed by atoms with Crippen molar-refractivity contribution in [2.45, 2.75) is 19.0 Å². The highest BCUT2D eigenvalue weighted by Crippen LogP contribution is 2.26. The molecule has 0 bridgehead atoms. The van der Waals surface area contributed by atoms with Crippen molar-refractivity contribution >= 4 is 5.69 Å². The topological polar surface area (TPSA) is 75.4 Å². The zero-order valence-corrected chi connectivity index (χ0v) is 8.14. The third-order valence-corrected chi connectivity index (χ3v) is 2.70. The predicted octanol–water partition coefficient (Wildman–Crippen LogP) is 0.601. The number of aliphatic hydroxyl groups excluding tert-OH is 1. The highest BCUT2D eigenvalue weighted by Gasteiger charge is 2.24. The van der Waals surface area contributed by atoms with E-state index in [0.717, 1.165) is 11.1 Å². The molecule has 15 heavy (non-hydrogen) atoms. The van der Waals surface area contributed by atoms with Crippen LogP contribution < -0.4 is 5.32 Å². The molecule has 1 aliphatic heterocycles. The van der Waals surface area contributed by atoms with E-state index >= 15 is 0 Å². The Bertz CT molecular complexity index is 392. The van der Waals surface area contributed by atoms with E-state index in [4.69, 9.17) is 5.11 Å². The molecular weight excluding hydrogens is 196 g/mol. The van der Waals surface area contributed by atoms with Gasteiger partial charge in [-0.3, -0.25) is 10.1 Å². The summed E-state index contributed by atoms with van der Waals surface area (Å²) in [5.41, 5.74) is 1.86. The summed E-state index contributed by atoms with van der Waals surface area (Å²) in [7, 11) is 0. The second-order valence-electron chi connectivity index (χ2n) is 3.64. The number of nitrogens with zero attached hydrogens (tertiary/aromatic N) is 1. The number of aliphatic hydroxyl groups is 1. The number of nitrogens with one attached hydrogen (secondary N) is 1. The van der Waals surface area contributed by atoms with Gasteiger partial charge in [0.25, 0.3) is 5.69 Å². The Balaban J connectivity index is 2.40. The summed E-state index contributed by atoms with van der Waals surface area (Å²) in [4.78, 5) is 10.4. The Morgan fingerprint density at radius 1 is 1.60 bits per heavy atom. The molecule has 1 aliphatic rings. The lowest BCUT2D eigenvalue weighted by atomic mass is 9.94. The monoisotopic (exact) mass is 208 g/mol. The molecule has 0 aliphatic carbocycles. The number of benzene rings is 1. The summed E-state index contributed by atoms with van der Waals surface area (Å²) < 4.78 is 0. The van der Waals surface area contributed by atoms with Crippen molar-refractivity contribution in [2.24, 2.45) is 0 Å². The second kappa shape index (κ2) is 3.96. The van der Waals surface area contributed by atoms with Gasteiger partial charge >= 0.3 is 0 Å². The number of rotatable bonds is 2. The first kappa shape index (κ1) is 10.1. The third-order valence-electron chi connectivity index (χ3n) is 2.70. The maximum absolute atomic E-state index is 10.8. The molecule has 0 aromatic heterocycles. The van der Waals surface area contributed by atoms with Gasteiger partial charge in [0.05, 0.1) is 11.5 Å².